The largest absolute Gasteiger partial charge is 0.350 e. The molecule has 2 N–H and O–H groups in total. The first-order valence-electron chi connectivity index (χ1n) is 7.91. The molecule has 25 heavy (non-hydrogen) atoms. The fourth-order valence-corrected chi connectivity index (χ4v) is 2.92. The SMILES string of the molecule is CC(C)Sc1ncccc1C(=O)NCCNC(=O)c1ccccc1F. The monoisotopic (exact) mass is 361 g/mol. The zero-order chi connectivity index (χ0) is 18.2. The third-order valence-electron chi connectivity index (χ3n) is 3.18. The van der Waals surface area contributed by atoms with Crippen LogP contribution in [0.15, 0.2) is 47.6 Å². The van der Waals surface area contributed by atoms with Crippen LogP contribution < -0.4 is 10.6 Å². The van der Waals surface area contributed by atoms with Crippen molar-refractivity contribution >= 4 is 23.6 Å². The number of pyridine rings is 1. The summed E-state index contributed by atoms with van der Waals surface area (Å²) in [5.41, 5.74) is 0.485. The minimum absolute atomic E-state index is 0.0169. The van der Waals surface area contributed by atoms with Crippen LogP contribution in [0.3, 0.4) is 0 Å². The van der Waals surface area contributed by atoms with Crippen LogP contribution in [0.25, 0.3) is 0 Å². The van der Waals surface area contributed by atoms with Crippen molar-refractivity contribution in [1.29, 1.82) is 0 Å². The fourth-order valence-electron chi connectivity index (χ4n) is 2.07. The van der Waals surface area contributed by atoms with Gasteiger partial charge in [0, 0.05) is 24.5 Å². The number of thioether (sulfide) groups is 1. The number of hydrogen-bond donors (Lipinski definition) is 2. The van der Waals surface area contributed by atoms with E-state index in [-0.39, 0.29) is 24.6 Å². The number of carbonyl (C=O) groups excluding carboxylic acids is 2. The molecule has 2 amide bonds. The average molecular weight is 361 g/mol. The van der Waals surface area contributed by atoms with Crippen molar-refractivity contribution in [1.82, 2.24) is 15.6 Å². The normalized spacial score (nSPS) is 10.6. The van der Waals surface area contributed by atoms with E-state index in [0.717, 1.165) is 0 Å². The van der Waals surface area contributed by atoms with Crippen molar-refractivity contribution in [2.45, 2.75) is 24.1 Å². The molecule has 1 aromatic heterocycles. The Morgan fingerprint density at radius 3 is 2.28 bits per heavy atom. The Balaban J connectivity index is 1.85. The first-order valence-corrected chi connectivity index (χ1v) is 8.79. The van der Waals surface area contributed by atoms with E-state index in [1.165, 1.54) is 30.0 Å². The minimum atomic E-state index is -0.574. The molecular weight excluding hydrogens is 341 g/mol. The van der Waals surface area contributed by atoms with E-state index in [9.17, 15) is 14.0 Å². The maximum Gasteiger partial charge on any atom is 0.254 e. The van der Waals surface area contributed by atoms with Crippen molar-refractivity contribution in [3.8, 4) is 0 Å². The lowest BCUT2D eigenvalue weighted by atomic mass is 10.2. The minimum Gasteiger partial charge on any atom is -0.350 e. The highest BCUT2D eigenvalue weighted by molar-refractivity contribution is 7.99. The van der Waals surface area contributed by atoms with Crippen LogP contribution in [-0.4, -0.2) is 35.1 Å². The summed E-state index contributed by atoms with van der Waals surface area (Å²) < 4.78 is 13.5. The molecule has 0 saturated carbocycles. The van der Waals surface area contributed by atoms with E-state index >= 15 is 0 Å². The molecule has 7 heteroatoms. The summed E-state index contributed by atoms with van der Waals surface area (Å²) in [6.07, 6.45) is 1.65. The zero-order valence-electron chi connectivity index (χ0n) is 14.1. The van der Waals surface area contributed by atoms with Crippen LogP contribution in [0.2, 0.25) is 0 Å². The van der Waals surface area contributed by atoms with Gasteiger partial charge in [-0.1, -0.05) is 26.0 Å². The third kappa shape index (κ3) is 5.56. The number of nitrogens with zero attached hydrogens (tertiary/aromatic N) is 1. The quantitative estimate of drug-likeness (QED) is 0.588. The topological polar surface area (TPSA) is 71.1 Å². The van der Waals surface area contributed by atoms with Gasteiger partial charge in [0.1, 0.15) is 10.8 Å². The van der Waals surface area contributed by atoms with Crippen LogP contribution in [0.5, 0.6) is 0 Å². The highest BCUT2D eigenvalue weighted by Gasteiger charge is 2.14. The van der Waals surface area contributed by atoms with Crippen LogP contribution in [0.1, 0.15) is 34.6 Å². The summed E-state index contributed by atoms with van der Waals surface area (Å²) in [5, 5.41) is 6.29. The predicted molar refractivity (Wildman–Crippen MR) is 96.3 cm³/mol. The van der Waals surface area contributed by atoms with E-state index in [4.69, 9.17) is 0 Å². The molecule has 0 radical (unpaired) electrons. The van der Waals surface area contributed by atoms with E-state index in [1.54, 1.807) is 24.4 Å². The van der Waals surface area contributed by atoms with Gasteiger partial charge in [-0.25, -0.2) is 9.37 Å². The molecule has 1 aromatic carbocycles. The lowest BCUT2D eigenvalue weighted by molar-refractivity contribution is 0.0923. The lowest BCUT2D eigenvalue weighted by Crippen LogP contribution is -2.35. The number of carbonyl (C=O) groups is 2. The second-order valence-corrected chi connectivity index (χ2v) is 7.08. The molecule has 0 aliphatic heterocycles. The summed E-state index contributed by atoms with van der Waals surface area (Å²) in [4.78, 5) is 28.4. The van der Waals surface area contributed by atoms with Crippen LogP contribution in [0, 0.1) is 5.82 Å². The van der Waals surface area contributed by atoms with E-state index in [0.29, 0.717) is 15.8 Å². The number of hydrogen-bond acceptors (Lipinski definition) is 4. The molecular formula is C18H20FN3O2S. The fraction of sp³-hybridized carbons (Fsp3) is 0.278. The van der Waals surface area contributed by atoms with Gasteiger partial charge in [-0.15, -0.1) is 11.8 Å². The van der Waals surface area contributed by atoms with Crippen LogP contribution in [0.4, 0.5) is 4.39 Å². The standard InChI is InChI=1S/C18H20FN3O2S/c1-12(2)25-18-14(7-5-9-22-18)17(24)21-11-10-20-16(23)13-6-3-4-8-15(13)19/h3-9,12H,10-11H2,1-2H3,(H,20,23)(H,21,24). The molecule has 0 fully saturated rings. The average Bonchev–Trinajstić information content (AvgIpc) is 2.58. The second-order valence-electron chi connectivity index (χ2n) is 5.51. The van der Waals surface area contributed by atoms with Gasteiger partial charge in [-0.2, -0.15) is 0 Å². The maximum absolute atomic E-state index is 13.5. The van der Waals surface area contributed by atoms with Gasteiger partial charge in [0.05, 0.1) is 11.1 Å². The van der Waals surface area contributed by atoms with Crippen molar-refractivity contribution in [3.63, 3.8) is 0 Å². The first-order chi connectivity index (χ1) is 12.0. The molecule has 0 saturated heterocycles. The molecule has 0 aliphatic carbocycles. The summed E-state index contributed by atoms with van der Waals surface area (Å²) in [5.74, 6) is -1.34. The lowest BCUT2D eigenvalue weighted by Gasteiger charge is -2.11. The maximum atomic E-state index is 13.5. The van der Waals surface area contributed by atoms with Crippen LogP contribution in [-0.2, 0) is 0 Å². The molecule has 2 rings (SSSR count). The zero-order valence-corrected chi connectivity index (χ0v) is 14.9. The molecule has 2 aromatic rings. The van der Waals surface area contributed by atoms with E-state index in [2.05, 4.69) is 15.6 Å². The van der Waals surface area contributed by atoms with Crippen molar-refractivity contribution in [2.24, 2.45) is 0 Å². The highest BCUT2D eigenvalue weighted by atomic mass is 32.2. The summed E-state index contributed by atoms with van der Waals surface area (Å²) >= 11 is 1.51. The van der Waals surface area contributed by atoms with Gasteiger partial charge in [-0.3, -0.25) is 9.59 Å². The third-order valence-corrected chi connectivity index (χ3v) is 4.20. The number of rotatable bonds is 7. The number of aromatic nitrogens is 1. The number of amides is 2. The number of halogens is 1. The molecule has 0 aliphatic rings. The molecule has 0 spiro atoms. The van der Waals surface area contributed by atoms with Gasteiger partial charge in [0.15, 0.2) is 0 Å². The molecule has 5 nitrogen and oxygen atoms in total. The van der Waals surface area contributed by atoms with Gasteiger partial charge in [0.2, 0.25) is 0 Å². The summed E-state index contributed by atoms with van der Waals surface area (Å²) in [6, 6.07) is 9.18. The van der Waals surface area contributed by atoms with Crippen molar-refractivity contribution in [3.05, 3.63) is 59.5 Å². The summed E-state index contributed by atoms with van der Waals surface area (Å²) in [7, 11) is 0. The Hall–Kier alpha value is -2.41. The predicted octanol–water partition coefficient (Wildman–Crippen LogP) is 2.88. The smallest absolute Gasteiger partial charge is 0.254 e. The van der Waals surface area contributed by atoms with Gasteiger partial charge < -0.3 is 10.6 Å². The van der Waals surface area contributed by atoms with Crippen molar-refractivity contribution < 1.29 is 14.0 Å². The van der Waals surface area contributed by atoms with Gasteiger partial charge >= 0.3 is 0 Å². The highest BCUT2D eigenvalue weighted by Crippen LogP contribution is 2.23. The first kappa shape index (κ1) is 18.9. The van der Waals surface area contributed by atoms with Crippen LogP contribution >= 0.6 is 11.8 Å². The molecule has 0 unspecified atom stereocenters. The number of benzene rings is 1. The Labute approximate surface area is 150 Å². The molecule has 132 valence electrons. The molecule has 1 heterocycles. The molecule has 0 bridgehead atoms. The number of nitrogens with one attached hydrogen (secondary N) is 2. The second kappa shape index (κ2) is 9.17. The van der Waals surface area contributed by atoms with Crippen molar-refractivity contribution in [2.75, 3.05) is 13.1 Å². The van der Waals surface area contributed by atoms with Gasteiger partial charge in [0.25, 0.3) is 11.8 Å². The Morgan fingerprint density at radius 2 is 1.64 bits per heavy atom. The van der Waals surface area contributed by atoms with Gasteiger partial charge in [-0.05, 0) is 24.3 Å². The molecule has 0 atom stereocenters. The Morgan fingerprint density at radius 1 is 1.04 bits per heavy atom. The van der Waals surface area contributed by atoms with E-state index in [1.807, 2.05) is 13.8 Å². The Bertz CT molecular complexity index is 753. The Kier molecular flexibility index (Phi) is 6.94. The van der Waals surface area contributed by atoms with E-state index < -0.39 is 11.7 Å². The summed E-state index contributed by atoms with van der Waals surface area (Å²) in [6.45, 7) is 4.49.